The van der Waals surface area contributed by atoms with Crippen LogP contribution in [0, 0.1) is 5.92 Å². The molecule has 0 bridgehead atoms. The number of nitrogens with zero attached hydrogens (tertiary/aromatic N) is 1. The average Bonchev–Trinajstić information content (AvgIpc) is 2.44. The molecule has 0 aliphatic heterocycles. The number of aliphatic carboxylic acids is 1. The minimum absolute atomic E-state index is 0.453. The fourth-order valence-electron chi connectivity index (χ4n) is 1.27. The summed E-state index contributed by atoms with van der Waals surface area (Å²) in [6.45, 7) is 2.03. The lowest BCUT2D eigenvalue weighted by Crippen LogP contribution is -2.50. The summed E-state index contributed by atoms with van der Waals surface area (Å²) >= 11 is 0. The number of rotatable bonds is 7. The number of carboxylic acids is 1. The van der Waals surface area contributed by atoms with Gasteiger partial charge in [-0.3, -0.25) is 14.4 Å². The van der Waals surface area contributed by atoms with Crippen LogP contribution in [-0.2, 0) is 23.9 Å². The first-order valence-corrected chi connectivity index (χ1v) is 6.14. The first kappa shape index (κ1) is 18.7. The lowest BCUT2D eigenvalue weighted by molar-refractivity contribution is -0.145. The summed E-state index contributed by atoms with van der Waals surface area (Å²) in [7, 11) is 2.29. The smallest absolute Gasteiger partial charge is 0.325 e. The van der Waals surface area contributed by atoms with E-state index in [1.54, 1.807) is 0 Å². The molecule has 0 rings (SSSR count). The van der Waals surface area contributed by atoms with Gasteiger partial charge in [-0.05, 0) is 13.8 Å². The van der Waals surface area contributed by atoms with E-state index in [4.69, 9.17) is 5.11 Å². The molecule has 9 heteroatoms. The molecule has 0 saturated heterocycles. The standard InChI is InChI=1S/C12H20N2O7/c1-7(11(17)18)8(2)13-12(19)14(5-9(15)20-3)6-10(16)21-4/h7-8H,5-6H2,1-4H3,(H,13,19)(H,17,18). The number of amides is 2. The van der Waals surface area contributed by atoms with E-state index in [-0.39, 0.29) is 0 Å². The lowest BCUT2D eigenvalue weighted by Gasteiger charge is -2.24. The number of ether oxygens (including phenoxy) is 2. The molecule has 0 radical (unpaired) electrons. The Morgan fingerprint density at radius 2 is 1.48 bits per heavy atom. The Morgan fingerprint density at radius 1 is 1.05 bits per heavy atom. The Kier molecular flexibility index (Phi) is 7.80. The van der Waals surface area contributed by atoms with Crippen LogP contribution in [0.15, 0.2) is 0 Å². The van der Waals surface area contributed by atoms with Crippen LogP contribution in [0.2, 0.25) is 0 Å². The van der Waals surface area contributed by atoms with E-state index < -0.39 is 49.0 Å². The van der Waals surface area contributed by atoms with Gasteiger partial charge in [-0.2, -0.15) is 0 Å². The van der Waals surface area contributed by atoms with Crippen molar-refractivity contribution in [2.24, 2.45) is 5.92 Å². The van der Waals surface area contributed by atoms with E-state index in [1.165, 1.54) is 13.8 Å². The number of carbonyl (C=O) groups excluding carboxylic acids is 3. The normalized spacial score (nSPS) is 12.8. The highest BCUT2D eigenvalue weighted by Gasteiger charge is 2.26. The second-order valence-corrected chi connectivity index (χ2v) is 4.37. The maximum atomic E-state index is 12.0. The van der Waals surface area contributed by atoms with Crippen molar-refractivity contribution in [2.45, 2.75) is 19.9 Å². The second kappa shape index (κ2) is 8.77. The molecule has 0 aliphatic rings. The Labute approximate surface area is 122 Å². The molecule has 2 N–H and O–H groups in total. The molecule has 0 aromatic rings. The third kappa shape index (κ3) is 6.59. The number of carbonyl (C=O) groups is 4. The minimum atomic E-state index is -1.07. The van der Waals surface area contributed by atoms with Crippen LogP contribution in [0.3, 0.4) is 0 Å². The van der Waals surface area contributed by atoms with Gasteiger partial charge >= 0.3 is 23.9 Å². The third-order valence-electron chi connectivity index (χ3n) is 2.87. The van der Waals surface area contributed by atoms with Crippen molar-refractivity contribution in [3.8, 4) is 0 Å². The van der Waals surface area contributed by atoms with Gasteiger partial charge in [0.1, 0.15) is 13.1 Å². The van der Waals surface area contributed by atoms with E-state index in [2.05, 4.69) is 14.8 Å². The Hall–Kier alpha value is -2.32. The van der Waals surface area contributed by atoms with Gasteiger partial charge in [-0.1, -0.05) is 0 Å². The minimum Gasteiger partial charge on any atom is -0.481 e. The zero-order valence-electron chi connectivity index (χ0n) is 12.4. The zero-order chi connectivity index (χ0) is 16.6. The fourth-order valence-corrected chi connectivity index (χ4v) is 1.27. The van der Waals surface area contributed by atoms with Gasteiger partial charge in [-0.25, -0.2) is 4.79 Å². The summed E-state index contributed by atoms with van der Waals surface area (Å²) < 4.78 is 8.86. The SMILES string of the molecule is COC(=O)CN(CC(=O)OC)C(=O)NC(C)C(C)C(=O)O. The number of urea groups is 1. The fraction of sp³-hybridized carbons (Fsp3) is 0.667. The van der Waals surface area contributed by atoms with E-state index in [1.807, 2.05) is 0 Å². The van der Waals surface area contributed by atoms with E-state index >= 15 is 0 Å². The highest BCUT2D eigenvalue weighted by Crippen LogP contribution is 2.04. The van der Waals surface area contributed by atoms with Crippen molar-refractivity contribution >= 4 is 23.9 Å². The molecule has 120 valence electrons. The van der Waals surface area contributed by atoms with Crippen molar-refractivity contribution in [3.05, 3.63) is 0 Å². The van der Waals surface area contributed by atoms with Gasteiger partial charge in [0.2, 0.25) is 0 Å². The van der Waals surface area contributed by atoms with Crippen LogP contribution in [0.1, 0.15) is 13.8 Å². The van der Waals surface area contributed by atoms with E-state index in [9.17, 15) is 19.2 Å². The molecular weight excluding hydrogens is 284 g/mol. The van der Waals surface area contributed by atoms with Crippen LogP contribution < -0.4 is 5.32 Å². The van der Waals surface area contributed by atoms with Crippen LogP contribution in [0.5, 0.6) is 0 Å². The molecule has 9 nitrogen and oxygen atoms in total. The average molecular weight is 304 g/mol. The van der Waals surface area contributed by atoms with Crippen molar-refractivity contribution in [1.29, 1.82) is 0 Å². The van der Waals surface area contributed by atoms with Crippen LogP contribution >= 0.6 is 0 Å². The van der Waals surface area contributed by atoms with Crippen LogP contribution in [-0.4, -0.2) is 67.3 Å². The Balaban J connectivity index is 4.81. The molecule has 2 amide bonds. The molecule has 21 heavy (non-hydrogen) atoms. The summed E-state index contributed by atoms with van der Waals surface area (Å²) in [4.78, 5) is 46.2. The molecule has 0 saturated carbocycles. The van der Waals surface area contributed by atoms with Crippen molar-refractivity contribution in [2.75, 3.05) is 27.3 Å². The molecule has 0 fully saturated rings. The second-order valence-electron chi connectivity index (χ2n) is 4.37. The van der Waals surface area contributed by atoms with Gasteiger partial charge in [0.15, 0.2) is 0 Å². The molecule has 0 spiro atoms. The number of esters is 2. The van der Waals surface area contributed by atoms with E-state index in [0.717, 1.165) is 19.1 Å². The van der Waals surface area contributed by atoms with Crippen LogP contribution in [0.25, 0.3) is 0 Å². The highest BCUT2D eigenvalue weighted by atomic mass is 16.5. The molecule has 2 atom stereocenters. The largest absolute Gasteiger partial charge is 0.481 e. The van der Waals surface area contributed by atoms with Crippen LogP contribution in [0.4, 0.5) is 4.79 Å². The number of hydrogen-bond donors (Lipinski definition) is 2. The van der Waals surface area contributed by atoms with Gasteiger partial charge < -0.3 is 24.8 Å². The van der Waals surface area contributed by atoms with Gasteiger partial charge in [0.05, 0.1) is 20.1 Å². The first-order chi connectivity index (χ1) is 9.72. The summed E-state index contributed by atoms with van der Waals surface area (Å²) in [5.74, 6) is -3.33. The maximum absolute atomic E-state index is 12.0. The predicted octanol–water partition coefficient (Wildman–Crippen LogP) is -0.547. The lowest BCUT2D eigenvalue weighted by atomic mass is 10.0. The molecule has 2 unspecified atom stereocenters. The van der Waals surface area contributed by atoms with Gasteiger partial charge in [0, 0.05) is 6.04 Å². The maximum Gasteiger partial charge on any atom is 0.325 e. The van der Waals surface area contributed by atoms with E-state index in [0.29, 0.717) is 0 Å². The molecule has 0 heterocycles. The summed E-state index contributed by atoms with van der Waals surface area (Å²) in [6, 6.07) is -1.45. The van der Waals surface area contributed by atoms with Gasteiger partial charge in [0.25, 0.3) is 0 Å². The monoisotopic (exact) mass is 304 g/mol. The molecular formula is C12H20N2O7. The molecule has 0 aromatic carbocycles. The molecule has 0 aromatic heterocycles. The highest BCUT2D eigenvalue weighted by molar-refractivity contribution is 5.85. The van der Waals surface area contributed by atoms with Crippen molar-refractivity contribution < 1.29 is 33.8 Å². The number of hydrogen-bond acceptors (Lipinski definition) is 6. The molecule has 0 aliphatic carbocycles. The summed E-state index contributed by atoms with van der Waals surface area (Å²) in [5.41, 5.74) is 0. The topological polar surface area (TPSA) is 122 Å². The number of nitrogens with one attached hydrogen (secondary N) is 1. The van der Waals surface area contributed by atoms with Gasteiger partial charge in [-0.15, -0.1) is 0 Å². The zero-order valence-corrected chi connectivity index (χ0v) is 12.4. The first-order valence-electron chi connectivity index (χ1n) is 6.14. The van der Waals surface area contributed by atoms with Crippen molar-refractivity contribution in [1.82, 2.24) is 10.2 Å². The quantitative estimate of drug-likeness (QED) is 0.605. The Morgan fingerprint density at radius 3 is 1.81 bits per heavy atom. The predicted molar refractivity (Wildman–Crippen MR) is 70.4 cm³/mol. The number of carboxylic acid groups (broad SMARTS) is 1. The van der Waals surface area contributed by atoms with Crippen molar-refractivity contribution in [3.63, 3.8) is 0 Å². The third-order valence-corrected chi connectivity index (χ3v) is 2.87. The summed E-state index contributed by atoms with van der Waals surface area (Å²) in [5, 5.41) is 11.3. The number of methoxy groups -OCH3 is 2. The summed E-state index contributed by atoms with van der Waals surface area (Å²) in [6.07, 6.45) is 0. The Bertz CT molecular complexity index is 392.